The zero-order valence-electron chi connectivity index (χ0n) is 23.2. The van der Waals surface area contributed by atoms with Gasteiger partial charge in [0, 0.05) is 60.0 Å². The minimum atomic E-state index is -0.834. The monoisotopic (exact) mass is 539 g/mol. The lowest BCUT2D eigenvalue weighted by molar-refractivity contribution is -0.226. The number of carbonyl (C=O) groups is 2. The molecule has 6 nitrogen and oxygen atoms in total. The van der Waals surface area contributed by atoms with Crippen LogP contribution in [0.3, 0.4) is 0 Å². The second-order valence-corrected chi connectivity index (χ2v) is 13.3. The summed E-state index contributed by atoms with van der Waals surface area (Å²) < 4.78 is 19.3. The molecule has 1 spiro atoms. The second-order valence-electron chi connectivity index (χ2n) is 12.8. The highest BCUT2D eigenvalue weighted by Crippen LogP contribution is 2.66. The number of hydrogen-bond acceptors (Lipinski definition) is 5. The van der Waals surface area contributed by atoms with Crippen LogP contribution in [0.25, 0.3) is 0 Å². The predicted octanol–water partition coefficient (Wildman–Crippen LogP) is 5.68. The first-order valence-corrected chi connectivity index (χ1v) is 14.1. The van der Waals surface area contributed by atoms with Crippen molar-refractivity contribution in [3.05, 3.63) is 52.1 Å². The van der Waals surface area contributed by atoms with Crippen molar-refractivity contribution in [3.63, 3.8) is 0 Å². The van der Waals surface area contributed by atoms with Crippen LogP contribution in [0.5, 0.6) is 5.75 Å². The van der Waals surface area contributed by atoms with Crippen molar-refractivity contribution in [3.8, 4) is 5.75 Å². The summed E-state index contributed by atoms with van der Waals surface area (Å²) in [4.78, 5) is 26.9. The Morgan fingerprint density at radius 2 is 1.89 bits per heavy atom. The first kappa shape index (κ1) is 26.1. The van der Waals surface area contributed by atoms with Crippen LogP contribution in [-0.4, -0.2) is 43.2 Å². The molecule has 1 aromatic carbocycles. The standard InChI is InChI=1S/C31H38ClNO5/c1-17-9-12-22-28(2,3)26(34)21(36-5)16-31(22)29(17,4)14-18-10-11-20-23(24(18)38-31)25(33-27(20)35)30(37-6)13-7-8-19(32)15-30/h7-8,10-11,15,17,21-22,25H,9,12-14,16H2,1-6H3,(H,33,35)/t17-,21+,22-,25+,29+,30?,31-/m0/s1. The Hall–Kier alpha value is -2.15. The first-order valence-electron chi connectivity index (χ1n) is 13.8. The van der Waals surface area contributed by atoms with Gasteiger partial charge in [0.2, 0.25) is 0 Å². The Labute approximate surface area is 230 Å². The first-order chi connectivity index (χ1) is 17.9. The maximum absolute atomic E-state index is 13.6. The van der Waals surface area contributed by atoms with Crippen molar-refractivity contribution in [1.82, 2.24) is 5.32 Å². The third-order valence-electron chi connectivity index (χ3n) is 11.0. The van der Waals surface area contributed by atoms with Crippen LogP contribution in [0.15, 0.2) is 35.4 Å². The summed E-state index contributed by atoms with van der Waals surface area (Å²) in [6.07, 6.45) is 9.07. The fourth-order valence-corrected chi connectivity index (χ4v) is 8.85. The average molecular weight is 540 g/mol. The lowest BCUT2D eigenvalue weighted by Gasteiger charge is -2.66. The lowest BCUT2D eigenvalue weighted by atomic mass is 9.43. The molecular formula is C31H38ClNO5. The summed E-state index contributed by atoms with van der Waals surface area (Å²) in [5.74, 6) is 1.21. The van der Waals surface area contributed by atoms with Gasteiger partial charge in [-0.05, 0) is 49.0 Å². The Morgan fingerprint density at radius 3 is 2.58 bits per heavy atom. The molecule has 5 aliphatic rings. The average Bonchev–Trinajstić information content (AvgIpc) is 3.23. The van der Waals surface area contributed by atoms with Crippen LogP contribution in [0, 0.1) is 22.7 Å². The normalized spacial score (nSPS) is 40.8. The molecule has 0 aromatic heterocycles. The fourth-order valence-electron chi connectivity index (χ4n) is 8.57. The van der Waals surface area contributed by atoms with E-state index in [-0.39, 0.29) is 23.0 Å². The summed E-state index contributed by atoms with van der Waals surface area (Å²) in [6.45, 7) is 8.78. The molecule has 0 radical (unpaired) electrons. The molecule has 2 saturated carbocycles. The van der Waals surface area contributed by atoms with Crippen LogP contribution < -0.4 is 10.1 Å². The van der Waals surface area contributed by atoms with E-state index < -0.39 is 28.8 Å². The highest BCUT2D eigenvalue weighted by molar-refractivity contribution is 6.31. The molecular weight excluding hydrogens is 502 g/mol. The van der Waals surface area contributed by atoms with Crippen molar-refractivity contribution < 1.29 is 23.8 Å². The van der Waals surface area contributed by atoms with E-state index in [9.17, 15) is 9.59 Å². The third kappa shape index (κ3) is 3.20. The molecule has 3 aliphatic carbocycles. The van der Waals surface area contributed by atoms with E-state index in [1.54, 1.807) is 14.2 Å². The second kappa shape index (κ2) is 8.42. The van der Waals surface area contributed by atoms with Gasteiger partial charge in [0.05, 0.1) is 6.04 Å². The molecule has 1 amide bonds. The highest BCUT2D eigenvalue weighted by Gasteiger charge is 2.70. The van der Waals surface area contributed by atoms with Gasteiger partial charge in [-0.3, -0.25) is 9.59 Å². The van der Waals surface area contributed by atoms with Crippen molar-refractivity contribution in [1.29, 1.82) is 0 Å². The zero-order chi connectivity index (χ0) is 27.3. The van der Waals surface area contributed by atoms with Gasteiger partial charge < -0.3 is 19.5 Å². The van der Waals surface area contributed by atoms with Crippen LogP contribution >= 0.6 is 11.6 Å². The molecule has 0 bridgehead atoms. The van der Waals surface area contributed by atoms with Gasteiger partial charge in [0.25, 0.3) is 5.91 Å². The molecule has 1 unspecified atom stereocenters. The van der Waals surface area contributed by atoms with E-state index in [1.165, 1.54) is 0 Å². The number of halogens is 1. The summed E-state index contributed by atoms with van der Waals surface area (Å²) in [5.41, 5.74) is 0.305. The molecule has 2 heterocycles. The van der Waals surface area contributed by atoms with Gasteiger partial charge >= 0.3 is 0 Å². The molecule has 204 valence electrons. The number of allylic oxidation sites excluding steroid dienone is 2. The summed E-state index contributed by atoms with van der Waals surface area (Å²) in [5, 5.41) is 3.77. The lowest BCUT2D eigenvalue weighted by Crippen LogP contribution is -2.72. The molecule has 7 heteroatoms. The number of ketones is 1. The van der Waals surface area contributed by atoms with Gasteiger partial charge in [0.1, 0.15) is 23.1 Å². The number of methoxy groups -OCH3 is 2. The molecule has 1 N–H and O–H groups in total. The number of benzene rings is 1. The van der Waals surface area contributed by atoms with Crippen molar-refractivity contribution in [2.75, 3.05) is 14.2 Å². The quantitative estimate of drug-likeness (QED) is 0.535. The van der Waals surface area contributed by atoms with Crippen LogP contribution in [0.2, 0.25) is 0 Å². The van der Waals surface area contributed by atoms with E-state index in [1.807, 2.05) is 24.3 Å². The van der Waals surface area contributed by atoms with Gasteiger partial charge in [-0.25, -0.2) is 0 Å². The van der Waals surface area contributed by atoms with E-state index in [0.29, 0.717) is 29.4 Å². The Bertz CT molecular complexity index is 1290. The van der Waals surface area contributed by atoms with Crippen molar-refractivity contribution in [2.45, 2.75) is 83.1 Å². The topological polar surface area (TPSA) is 73.9 Å². The van der Waals surface area contributed by atoms with Crippen LogP contribution in [-0.2, 0) is 20.7 Å². The molecule has 2 aliphatic heterocycles. The molecule has 7 atom stereocenters. The third-order valence-corrected chi connectivity index (χ3v) is 11.2. The fraction of sp³-hybridized carbons (Fsp3) is 0.613. The minimum Gasteiger partial charge on any atom is -0.486 e. The maximum Gasteiger partial charge on any atom is 0.252 e. The van der Waals surface area contributed by atoms with Gasteiger partial charge in [-0.15, -0.1) is 0 Å². The Balaban J connectivity index is 1.56. The van der Waals surface area contributed by atoms with Gasteiger partial charge in [-0.1, -0.05) is 51.4 Å². The molecule has 6 rings (SSSR count). The number of ether oxygens (including phenoxy) is 3. The van der Waals surface area contributed by atoms with E-state index in [2.05, 4.69) is 39.1 Å². The smallest absolute Gasteiger partial charge is 0.252 e. The van der Waals surface area contributed by atoms with E-state index in [0.717, 1.165) is 36.1 Å². The van der Waals surface area contributed by atoms with Crippen LogP contribution in [0.4, 0.5) is 0 Å². The molecule has 38 heavy (non-hydrogen) atoms. The highest BCUT2D eigenvalue weighted by atomic mass is 35.5. The number of hydrogen-bond donors (Lipinski definition) is 1. The number of amides is 1. The number of Topliss-reactive ketones (excluding diaryl/α,β-unsaturated/α-hetero) is 1. The Kier molecular flexibility index (Phi) is 5.78. The summed E-state index contributed by atoms with van der Waals surface area (Å²) in [6, 6.07) is 3.53. The molecule has 0 saturated heterocycles. The predicted molar refractivity (Wildman–Crippen MR) is 145 cm³/mol. The number of nitrogens with one attached hydrogen (secondary N) is 1. The SMILES string of the molecule is CO[C@@H]1C[C@@]23Oc4c(ccc5c4[C@H](C4(OC)C=C(Cl)C=CC4)NC5=O)C[C@]2(C)[C@@H](C)CC[C@H]3C(C)(C)C1=O. The molecule has 1 aromatic rings. The number of carbonyl (C=O) groups excluding carboxylic acids is 2. The molecule has 2 fully saturated rings. The van der Waals surface area contributed by atoms with Crippen LogP contribution in [0.1, 0.15) is 80.9 Å². The van der Waals surface area contributed by atoms with E-state index >= 15 is 0 Å². The largest absolute Gasteiger partial charge is 0.486 e. The zero-order valence-corrected chi connectivity index (χ0v) is 23.9. The number of fused-ring (bicyclic) bond motifs is 3. The maximum atomic E-state index is 13.6. The van der Waals surface area contributed by atoms with Crippen molar-refractivity contribution in [2.24, 2.45) is 22.7 Å². The van der Waals surface area contributed by atoms with E-state index in [4.69, 9.17) is 25.8 Å². The summed E-state index contributed by atoms with van der Waals surface area (Å²) in [7, 11) is 3.29. The summed E-state index contributed by atoms with van der Waals surface area (Å²) >= 11 is 6.46. The van der Waals surface area contributed by atoms with Gasteiger partial charge in [-0.2, -0.15) is 0 Å². The minimum absolute atomic E-state index is 0.0333. The van der Waals surface area contributed by atoms with Gasteiger partial charge in [0.15, 0.2) is 5.78 Å². The number of rotatable bonds is 3. The Morgan fingerprint density at radius 1 is 1.13 bits per heavy atom. The van der Waals surface area contributed by atoms with Crippen molar-refractivity contribution >= 4 is 23.3 Å².